The molecule has 0 fully saturated rings. The van der Waals surface area contributed by atoms with Crippen molar-refractivity contribution in [3.05, 3.63) is 70.7 Å². The summed E-state index contributed by atoms with van der Waals surface area (Å²) in [7, 11) is 6.01. The minimum Gasteiger partial charge on any atom is -0.509 e. The maximum atomic E-state index is 12.6. The van der Waals surface area contributed by atoms with Crippen molar-refractivity contribution in [1.29, 1.82) is 0 Å². The number of ether oxygens (including phenoxy) is 1. The molecule has 3 N–H and O–H groups in total. The fraction of sp³-hybridized carbons (Fsp3) is 0.190. The lowest BCUT2D eigenvalue weighted by Gasteiger charge is -2.13. The third-order valence-corrected chi connectivity index (χ3v) is 4.40. The van der Waals surface area contributed by atoms with E-state index in [0.29, 0.717) is 18.5 Å². The van der Waals surface area contributed by atoms with Crippen LogP contribution in [0.5, 0.6) is 5.75 Å². The number of allylic oxidation sites excluding steroid dienone is 2. The van der Waals surface area contributed by atoms with Crippen LogP contribution in [-0.4, -0.2) is 36.8 Å². The molecule has 0 amide bonds. The number of nitrogens with two attached hydrogens (primary N) is 1. The number of aromatic amines is 1. The maximum Gasteiger partial charge on any atom is 0.387 e. The lowest BCUT2D eigenvalue weighted by Crippen LogP contribution is -2.09. The van der Waals surface area contributed by atoms with Gasteiger partial charge in [-0.15, -0.1) is 7.98 Å². The Morgan fingerprint density at radius 1 is 1.32 bits per heavy atom. The van der Waals surface area contributed by atoms with E-state index in [2.05, 4.69) is 9.72 Å². The molecule has 7 heteroatoms. The van der Waals surface area contributed by atoms with Gasteiger partial charge in [-0.05, 0) is 49.7 Å². The second-order valence-corrected chi connectivity index (χ2v) is 6.35. The van der Waals surface area contributed by atoms with Crippen molar-refractivity contribution in [3.63, 3.8) is 0 Å². The lowest BCUT2D eigenvalue weighted by atomic mass is 10.0. The van der Waals surface area contributed by atoms with Gasteiger partial charge in [0.15, 0.2) is 5.70 Å². The monoisotopic (exact) mass is 380 g/mol. The Balaban J connectivity index is 1.92. The molecule has 0 saturated heterocycles. The number of halogens is 2. The van der Waals surface area contributed by atoms with Crippen molar-refractivity contribution in [2.24, 2.45) is 5.73 Å². The van der Waals surface area contributed by atoms with Crippen LogP contribution in [0.2, 0.25) is 0 Å². The number of H-pyrrole nitrogens is 1. The largest absolute Gasteiger partial charge is 0.509 e. The van der Waals surface area contributed by atoms with Crippen LogP contribution in [-0.2, 0) is 0 Å². The Kier molecular flexibility index (Phi) is 6.26. The van der Waals surface area contributed by atoms with E-state index in [1.54, 1.807) is 35.0 Å². The van der Waals surface area contributed by atoms with Crippen LogP contribution in [0, 0.1) is 6.92 Å². The van der Waals surface area contributed by atoms with Gasteiger partial charge in [-0.3, -0.25) is 0 Å². The number of nitrogens with zero attached hydrogens (tertiary/aromatic N) is 1. The lowest BCUT2D eigenvalue weighted by molar-refractivity contribution is -0.294. The summed E-state index contributed by atoms with van der Waals surface area (Å²) in [5, 5.41) is 0. The highest BCUT2D eigenvalue weighted by molar-refractivity contribution is 6.01. The molecule has 1 aromatic heterocycles. The van der Waals surface area contributed by atoms with Gasteiger partial charge in [0.25, 0.3) is 0 Å². The standard InChI is InChI=1S/C21H21BF2N3O/c1-14-13-16(9-8-15-5-2-3-7-19(15)28-21(23)24)26-20(14)17(10-11-25)18-6-4-12-27(18)22/h2-9,12-13,21,26H,10-11,25H2,1H3/b9-8+,18-17?. The predicted molar refractivity (Wildman–Crippen MR) is 109 cm³/mol. The third kappa shape index (κ3) is 4.48. The van der Waals surface area contributed by atoms with Gasteiger partial charge in [0.1, 0.15) is 12.0 Å². The highest BCUT2D eigenvalue weighted by Gasteiger charge is 2.16. The van der Waals surface area contributed by atoms with E-state index in [4.69, 9.17) is 13.7 Å². The zero-order valence-corrected chi connectivity index (χ0v) is 15.5. The van der Waals surface area contributed by atoms with E-state index < -0.39 is 6.61 Å². The van der Waals surface area contributed by atoms with Gasteiger partial charge in [0.2, 0.25) is 0 Å². The summed E-state index contributed by atoms with van der Waals surface area (Å²) in [6, 6.07) is 8.65. The van der Waals surface area contributed by atoms with Crippen LogP contribution in [0.15, 0.2) is 48.2 Å². The molecule has 1 aliphatic heterocycles. The molecule has 0 spiro atoms. The fourth-order valence-electron chi connectivity index (χ4n) is 3.16. The number of aryl methyl sites for hydroxylation is 1. The highest BCUT2D eigenvalue weighted by Crippen LogP contribution is 2.28. The number of nitrogens with one attached hydrogen (secondary N) is 1. The van der Waals surface area contributed by atoms with Gasteiger partial charge in [-0.2, -0.15) is 8.78 Å². The van der Waals surface area contributed by atoms with Crippen molar-refractivity contribution in [2.45, 2.75) is 20.0 Å². The summed E-state index contributed by atoms with van der Waals surface area (Å²) in [6.45, 7) is -0.380. The summed E-state index contributed by atoms with van der Waals surface area (Å²) in [5.74, 6) is 0.133. The molecule has 0 bridgehead atoms. The third-order valence-electron chi connectivity index (χ3n) is 4.40. The molecular weight excluding hydrogens is 359 g/mol. The average molecular weight is 380 g/mol. The van der Waals surface area contributed by atoms with Crippen LogP contribution in [0.25, 0.3) is 17.7 Å². The number of hydrogen-bond donors (Lipinski definition) is 2. The van der Waals surface area contributed by atoms with E-state index in [1.807, 2.05) is 31.2 Å². The number of para-hydroxylation sites is 1. The quantitative estimate of drug-likeness (QED) is 0.717. The number of benzene rings is 1. The second kappa shape index (κ2) is 8.84. The van der Waals surface area contributed by atoms with Crippen molar-refractivity contribution in [3.8, 4) is 5.75 Å². The first-order valence-electron chi connectivity index (χ1n) is 8.90. The first kappa shape index (κ1) is 19.8. The van der Waals surface area contributed by atoms with E-state index in [0.717, 1.165) is 28.2 Å². The Hall–Kier alpha value is -2.93. The smallest absolute Gasteiger partial charge is 0.387 e. The van der Waals surface area contributed by atoms with Crippen molar-refractivity contribution in [2.75, 3.05) is 6.54 Å². The van der Waals surface area contributed by atoms with Crippen molar-refractivity contribution in [1.82, 2.24) is 4.98 Å². The molecule has 1 aromatic carbocycles. The molecule has 4 nitrogen and oxygen atoms in total. The van der Waals surface area contributed by atoms with Gasteiger partial charge in [-0.25, -0.2) is 0 Å². The summed E-state index contributed by atoms with van der Waals surface area (Å²) in [5.41, 5.74) is 11.1. The van der Waals surface area contributed by atoms with Crippen LogP contribution in [0.1, 0.15) is 28.9 Å². The van der Waals surface area contributed by atoms with Gasteiger partial charge in [-0.1, -0.05) is 18.2 Å². The number of rotatable bonds is 7. The van der Waals surface area contributed by atoms with Crippen molar-refractivity contribution >= 4 is 31.9 Å². The molecule has 3 radical (unpaired) electrons. The second-order valence-electron chi connectivity index (χ2n) is 6.35. The maximum absolute atomic E-state index is 12.6. The minimum absolute atomic E-state index is 0.133. The minimum atomic E-state index is -2.87. The summed E-state index contributed by atoms with van der Waals surface area (Å²) >= 11 is 0. The van der Waals surface area contributed by atoms with E-state index in [-0.39, 0.29) is 5.75 Å². The summed E-state index contributed by atoms with van der Waals surface area (Å²) in [6.07, 6.45) is 9.83. The van der Waals surface area contributed by atoms with E-state index in [1.165, 1.54) is 6.07 Å². The Labute approximate surface area is 164 Å². The molecule has 143 valence electrons. The number of aromatic nitrogens is 1. The topological polar surface area (TPSA) is 54.0 Å². The number of alkyl halides is 2. The SMILES string of the molecule is [B-][N+]1=CC=CC1=C(CCN)c1[nH]c(/C=C/c2ccccc2OC(F)F)cc1C. The first-order valence-corrected chi connectivity index (χ1v) is 8.90. The van der Waals surface area contributed by atoms with Crippen LogP contribution in [0.3, 0.4) is 0 Å². The van der Waals surface area contributed by atoms with Crippen molar-refractivity contribution < 1.29 is 18.0 Å². The van der Waals surface area contributed by atoms with Gasteiger partial charge in [0.05, 0.1) is 5.69 Å². The van der Waals surface area contributed by atoms with Gasteiger partial charge >= 0.3 is 6.61 Å². The zero-order chi connectivity index (χ0) is 20.1. The Bertz CT molecular complexity index is 974. The molecule has 2 heterocycles. The molecule has 3 rings (SSSR count). The normalized spacial score (nSPS) is 15.6. The molecule has 0 unspecified atom stereocenters. The van der Waals surface area contributed by atoms with Crippen LogP contribution in [0.4, 0.5) is 8.78 Å². The molecule has 2 aromatic rings. The van der Waals surface area contributed by atoms with E-state index in [9.17, 15) is 8.78 Å². The zero-order valence-electron chi connectivity index (χ0n) is 15.5. The molecule has 28 heavy (non-hydrogen) atoms. The summed E-state index contributed by atoms with van der Waals surface area (Å²) in [4.78, 5) is 3.38. The molecule has 0 atom stereocenters. The fourth-order valence-corrected chi connectivity index (χ4v) is 3.16. The average Bonchev–Trinajstić information content (AvgIpc) is 3.24. The van der Waals surface area contributed by atoms with Crippen LogP contribution >= 0.6 is 0 Å². The predicted octanol–water partition coefficient (Wildman–Crippen LogP) is 3.89. The highest BCUT2D eigenvalue weighted by atomic mass is 19.3. The Morgan fingerprint density at radius 2 is 2.11 bits per heavy atom. The van der Waals surface area contributed by atoms with Gasteiger partial charge in [0, 0.05) is 29.0 Å². The first-order chi connectivity index (χ1) is 13.5. The van der Waals surface area contributed by atoms with Gasteiger partial charge < -0.3 is 19.9 Å². The Morgan fingerprint density at radius 3 is 2.79 bits per heavy atom. The molecule has 1 aliphatic rings. The molecular formula is C21H21BF2N3O. The van der Waals surface area contributed by atoms with E-state index >= 15 is 0 Å². The number of hydrogen-bond acceptors (Lipinski definition) is 2. The molecule has 0 saturated carbocycles. The van der Waals surface area contributed by atoms with Crippen LogP contribution < -0.4 is 10.5 Å². The molecule has 0 aliphatic carbocycles. The summed E-state index contributed by atoms with van der Waals surface area (Å²) < 4.78 is 31.3.